The van der Waals surface area contributed by atoms with Gasteiger partial charge in [0, 0.05) is 4.88 Å². The molecule has 0 aliphatic carbocycles. The van der Waals surface area contributed by atoms with E-state index in [0.29, 0.717) is 6.04 Å². The molecular formula is C13H17NS2. The molecule has 1 unspecified atom stereocenters. The van der Waals surface area contributed by atoms with E-state index >= 15 is 0 Å². The molecule has 1 N–H and O–H groups in total. The molecule has 16 heavy (non-hydrogen) atoms. The first-order chi connectivity index (χ1) is 7.83. The zero-order chi connectivity index (χ0) is 11.4. The van der Waals surface area contributed by atoms with Crippen LogP contribution >= 0.6 is 22.7 Å². The van der Waals surface area contributed by atoms with Gasteiger partial charge in [0.1, 0.15) is 0 Å². The highest BCUT2D eigenvalue weighted by Gasteiger charge is 2.16. The molecule has 0 amide bonds. The third kappa shape index (κ3) is 2.54. The summed E-state index contributed by atoms with van der Waals surface area (Å²) in [6, 6.07) is 4.73. The smallest absolute Gasteiger partial charge is 0.0681 e. The van der Waals surface area contributed by atoms with Crippen LogP contribution in [0.2, 0.25) is 0 Å². The second-order valence-electron chi connectivity index (χ2n) is 3.91. The fourth-order valence-corrected chi connectivity index (χ4v) is 3.47. The Balaban J connectivity index is 2.25. The van der Waals surface area contributed by atoms with Gasteiger partial charge in [0.25, 0.3) is 0 Å². The van der Waals surface area contributed by atoms with Crippen molar-refractivity contribution in [3.8, 4) is 0 Å². The van der Waals surface area contributed by atoms with Gasteiger partial charge in [0.15, 0.2) is 0 Å². The van der Waals surface area contributed by atoms with E-state index in [4.69, 9.17) is 0 Å². The second kappa shape index (κ2) is 5.62. The summed E-state index contributed by atoms with van der Waals surface area (Å²) in [6.07, 6.45) is 1.17. The van der Waals surface area contributed by atoms with Gasteiger partial charge < -0.3 is 5.32 Å². The monoisotopic (exact) mass is 251 g/mol. The van der Waals surface area contributed by atoms with Crippen molar-refractivity contribution < 1.29 is 0 Å². The highest BCUT2D eigenvalue weighted by molar-refractivity contribution is 7.10. The maximum absolute atomic E-state index is 3.63. The maximum atomic E-state index is 3.63. The molecule has 0 aliphatic rings. The van der Waals surface area contributed by atoms with Gasteiger partial charge in [0.05, 0.1) is 6.04 Å². The highest BCUT2D eigenvalue weighted by atomic mass is 32.1. The summed E-state index contributed by atoms with van der Waals surface area (Å²) in [4.78, 5) is 1.41. The third-order valence-corrected chi connectivity index (χ3v) is 4.45. The molecule has 0 fully saturated rings. The lowest BCUT2D eigenvalue weighted by atomic mass is 10.1. The van der Waals surface area contributed by atoms with E-state index < -0.39 is 0 Å². The Bertz CT molecular complexity index is 417. The molecule has 0 aliphatic heterocycles. The Kier molecular flexibility index (Phi) is 4.16. The Morgan fingerprint density at radius 2 is 2.25 bits per heavy atom. The fraction of sp³-hybridized carbons (Fsp3) is 0.385. The number of rotatable bonds is 5. The molecule has 86 valence electrons. The number of nitrogens with one attached hydrogen (secondary N) is 1. The standard InChI is InChI=1S/C13H17NS2/c1-3-6-14-13(12-5-4-7-16-12)11-9-15-8-10(11)2/h4-5,7-9,13-14H,3,6H2,1-2H3. The summed E-state index contributed by atoms with van der Waals surface area (Å²) in [7, 11) is 0. The Labute approximate surface area is 105 Å². The lowest BCUT2D eigenvalue weighted by molar-refractivity contribution is 0.605. The van der Waals surface area contributed by atoms with Gasteiger partial charge in [-0.25, -0.2) is 0 Å². The van der Waals surface area contributed by atoms with Crippen molar-refractivity contribution in [3.05, 3.63) is 44.3 Å². The number of aryl methyl sites for hydroxylation is 1. The molecule has 2 heterocycles. The largest absolute Gasteiger partial charge is 0.306 e. The van der Waals surface area contributed by atoms with Crippen molar-refractivity contribution in [3.63, 3.8) is 0 Å². The highest BCUT2D eigenvalue weighted by Crippen LogP contribution is 2.30. The van der Waals surface area contributed by atoms with Crippen LogP contribution in [0.1, 0.15) is 35.4 Å². The van der Waals surface area contributed by atoms with Crippen molar-refractivity contribution in [1.29, 1.82) is 0 Å². The average molecular weight is 251 g/mol. The molecule has 0 saturated carbocycles. The molecule has 1 nitrogen and oxygen atoms in total. The van der Waals surface area contributed by atoms with Gasteiger partial charge in [-0.05, 0) is 53.2 Å². The van der Waals surface area contributed by atoms with Gasteiger partial charge in [-0.2, -0.15) is 11.3 Å². The van der Waals surface area contributed by atoms with Gasteiger partial charge in [-0.1, -0.05) is 13.0 Å². The molecule has 3 heteroatoms. The van der Waals surface area contributed by atoms with E-state index in [1.54, 1.807) is 11.3 Å². The summed E-state index contributed by atoms with van der Waals surface area (Å²) in [5, 5.41) is 10.3. The van der Waals surface area contributed by atoms with E-state index in [0.717, 1.165) is 6.54 Å². The Morgan fingerprint density at radius 3 is 2.81 bits per heavy atom. The van der Waals surface area contributed by atoms with Crippen LogP contribution in [0, 0.1) is 6.92 Å². The SMILES string of the molecule is CCCNC(c1cccs1)c1cscc1C. The molecule has 0 radical (unpaired) electrons. The molecule has 1 atom stereocenters. The normalized spacial score (nSPS) is 12.9. The first kappa shape index (κ1) is 11.8. The van der Waals surface area contributed by atoms with E-state index in [-0.39, 0.29) is 0 Å². The van der Waals surface area contributed by atoms with Crippen LogP contribution in [0.4, 0.5) is 0 Å². The predicted octanol–water partition coefficient (Wildman–Crippen LogP) is 4.21. The van der Waals surface area contributed by atoms with Crippen LogP contribution in [0.3, 0.4) is 0 Å². The summed E-state index contributed by atoms with van der Waals surface area (Å²) < 4.78 is 0. The topological polar surface area (TPSA) is 12.0 Å². The van der Waals surface area contributed by atoms with Gasteiger partial charge in [0.2, 0.25) is 0 Å². The van der Waals surface area contributed by atoms with Crippen molar-refractivity contribution in [2.75, 3.05) is 6.54 Å². The molecule has 2 rings (SSSR count). The lowest BCUT2D eigenvalue weighted by Crippen LogP contribution is -2.22. The first-order valence-corrected chi connectivity index (χ1v) is 7.44. The minimum atomic E-state index is 0.381. The van der Waals surface area contributed by atoms with Crippen molar-refractivity contribution in [2.45, 2.75) is 26.3 Å². The Morgan fingerprint density at radius 1 is 1.38 bits per heavy atom. The van der Waals surface area contributed by atoms with Crippen LogP contribution < -0.4 is 5.32 Å². The van der Waals surface area contributed by atoms with Crippen LogP contribution in [0.15, 0.2) is 28.3 Å². The van der Waals surface area contributed by atoms with Crippen LogP contribution in [-0.2, 0) is 0 Å². The van der Waals surface area contributed by atoms with Crippen molar-refractivity contribution in [1.82, 2.24) is 5.32 Å². The van der Waals surface area contributed by atoms with E-state index in [2.05, 4.69) is 47.4 Å². The van der Waals surface area contributed by atoms with E-state index in [1.165, 1.54) is 22.4 Å². The van der Waals surface area contributed by atoms with Crippen molar-refractivity contribution in [2.24, 2.45) is 0 Å². The number of thiophene rings is 2. The molecule has 0 aromatic carbocycles. The van der Waals surface area contributed by atoms with E-state index in [9.17, 15) is 0 Å². The van der Waals surface area contributed by atoms with Gasteiger partial charge in [-0.3, -0.25) is 0 Å². The summed E-state index contributed by atoms with van der Waals surface area (Å²) >= 11 is 3.62. The molecular weight excluding hydrogens is 234 g/mol. The molecule has 0 bridgehead atoms. The van der Waals surface area contributed by atoms with Crippen molar-refractivity contribution >= 4 is 22.7 Å². The van der Waals surface area contributed by atoms with Crippen LogP contribution in [0.5, 0.6) is 0 Å². The fourth-order valence-electron chi connectivity index (χ4n) is 1.77. The van der Waals surface area contributed by atoms with Gasteiger partial charge in [-0.15, -0.1) is 11.3 Å². The maximum Gasteiger partial charge on any atom is 0.0681 e. The number of hydrogen-bond donors (Lipinski definition) is 1. The first-order valence-electron chi connectivity index (χ1n) is 5.62. The minimum Gasteiger partial charge on any atom is -0.306 e. The lowest BCUT2D eigenvalue weighted by Gasteiger charge is -2.17. The van der Waals surface area contributed by atoms with Gasteiger partial charge >= 0.3 is 0 Å². The number of hydrogen-bond acceptors (Lipinski definition) is 3. The van der Waals surface area contributed by atoms with Crippen LogP contribution in [0.25, 0.3) is 0 Å². The minimum absolute atomic E-state index is 0.381. The quantitative estimate of drug-likeness (QED) is 0.839. The molecule has 0 saturated heterocycles. The second-order valence-corrected chi connectivity index (χ2v) is 5.64. The molecule has 0 spiro atoms. The summed E-state index contributed by atoms with van der Waals surface area (Å²) in [5.41, 5.74) is 2.83. The summed E-state index contributed by atoms with van der Waals surface area (Å²) in [6.45, 7) is 5.47. The van der Waals surface area contributed by atoms with E-state index in [1.807, 2.05) is 11.3 Å². The zero-order valence-corrected chi connectivity index (χ0v) is 11.3. The summed E-state index contributed by atoms with van der Waals surface area (Å²) in [5.74, 6) is 0. The zero-order valence-electron chi connectivity index (χ0n) is 9.69. The Hall–Kier alpha value is -0.640. The molecule has 2 aromatic heterocycles. The average Bonchev–Trinajstić information content (AvgIpc) is 2.91. The van der Waals surface area contributed by atoms with Crippen LogP contribution in [-0.4, -0.2) is 6.54 Å². The third-order valence-electron chi connectivity index (χ3n) is 2.63. The molecule has 2 aromatic rings. The predicted molar refractivity (Wildman–Crippen MR) is 73.5 cm³/mol.